The summed E-state index contributed by atoms with van der Waals surface area (Å²) in [5.41, 5.74) is 4.64. The molecule has 0 unspecified atom stereocenters. The van der Waals surface area contributed by atoms with E-state index in [1.54, 1.807) is 0 Å². The molecule has 2 aromatic rings. The Morgan fingerprint density at radius 2 is 1.76 bits per heavy atom. The molecular formula is C31H36N6O4. The molecule has 1 amide bonds. The minimum atomic E-state index is -0.0172. The molecule has 0 bridgehead atoms. The summed E-state index contributed by atoms with van der Waals surface area (Å²) < 4.78 is 17.6. The molecule has 10 heteroatoms. The number of nitrogens with one attached hydrogen (secondary N) is 2. The number of aromatic nitrogens is 1. The van der Waals surface area contributed by atoms with Gasteiger partial charge in [0.15, 0.2) is 11.5 Å². The predicted molar refractivity (Wildman–Crippen MR) is 155 cm³/mol. The van der Waals surface area contributed by atoms with Crippen LogP contribution in [0.25, 0.3) is 5.57 Å². The molecule has 0 spiro atoms. The predicted octanol–water partition coefficient (Wildman–Crippen LogP) is 3.96. The van der Waals surface area contributed by atoms with Gasteiger partial charge in [-0.15, -0.1) is 0 Å². The van der Waals surface area contributed by atoms with Gasteiger partial charge in [-0.05, 0) is 44.2 Å². The van der Waals surface area contributed by atoms with Gasteiger partial charge in [-0.25, -0.2) is 4.98 Å². The number of allylic oxidation sites excluding steroid dienone is 2. The van der Waals surface area contributed by atoms with E-state index in [0.717, 1.165) is 82.0 Å². The van der Waals surface area contributed by atoms with Gasteiger partial charge in [-0.3, -0.25) is 9.69 Å². The average Bonchev–Trinajstić information content (AvgIpc) is 3.43. The number of morpholine rings is 1. The molecule has 7 rings (SSSR count). The summed E-state index contributed by atoms with van der Waals surface area (Å²) in [7, 11) is 0. The highest BCUT2D eigenvalue weighted by molar-refractivity contribution is 5.99. The fourth-order valence-corrected chi connectivity index (χ4v) is 6.49. The van der Waals surface area contributed by atoms with Gasteiger partial charge in [0.25, 0.3) is 5.91 Å². The Hall–Kier alpha value is -3.81. The summed E-state index contributed by atoms with van der Waals surface area (Å²) in [6, 6.07) is 8.94. The molecule has 41 heavy (non-hydrogen) atoms. The van der Waals surface area contributed by atoms with E-state index in [-0.39, 0.29) is 5.91 Å². The molecule has 10 nitrogen and oxygen atoms in total. The van der Waals surface area contributed by atoms with Crippen molar-refractivity contribution >= 4 is 28.7 Å². The zero-order valence-corrected chi connectivity index (χ0v) is 23.3. The third-order valence-electron chi connectivity index (χ3n) is 8.94. The first-order chi connectivity index (χ1) is 20.2. The fourth-order valence-electron chi connectivity index (χ4n) is 6.49. The average molecular weight is 557 g/mol. The Balaban J connectivity index is 1.11. The van der Waals surface area contributed by atoms with Crippen molar-refractivity contribution in [1.82, 2.24) is 14.8 Å². The van der Waals surface area contributed by atoms with Crippen molar-refractivity contribution in [2.45, 2.75) is 50.6 Å². The minimum Gasteiger partial charge on any atom is -0.485 e. The number of fused-ring (bicyclic) bond motifs is 2. The molecule has 5 aliphatic rings. The minimum absolute atomic E-state index is 0.0172. The Morgan fingerprint density at radius 3 is 2.49 bits per heavy atom. The molecule has 2 saturated heterocycles. The number of nitriles is 1. The van der Waals surface area contributed by atoms with Gasteiger partial charge >= 0.3 is 0 Å². The molecule has 2 aliphatic carbocycles. The number of ether oxygens (including phenoxy) is 3. The standard InChI is InChI=1S/C31H36N6O4/c32-19-20-4-6-24-28(20)26(33-21-2-1-3-21)18-27(34-24)35-25-7-5-23(29-30(25)41-17-16-40-29)31(38)37-10-8-22(9-11-37)36-12-14-39-15-13-36/h4-5,7,18,21-22H,1-3,6,8-17H2,(H2,33,34,35). The maximum atomic E-state index is 13.7. The van der Waals surface area contributed by atoms with Crippen LogP contribution in [0.1, 0.15) is 53.7 Å². The van der Waals surface area contributed by atoms with Crippen LogP contribution in [0.4, 0.5) is 17.2 Å². The van der Waals surface area contributed by atoms with Crippen molar-refractivity contribution in [3.05, 3.63) is 41.1 Å². The summed E-state index contributed by atoms with van der Waals surface area (Å²) in [6.07, 6.45) is 7.98. The van der Waals surface area contributed by atoms with Gasteiger partial charge in [0.1, 0.15) is 19.0 Å². The molecule has 3 fully saturated rings. The van der Waals surface area contributed by atoms with Crippen LogP contribution in [0.15, 0.2) is 24.3 Å². The quantitative estimate of drug-likeness (QED) is 0.546. The normalized spacial score (nSPS) is 21.0. The van der Waals surface area contributed by atoms with Crippen molar-refractivity contribution in [1.29, 1.82) is 5.26 Å². The number of benzene rings is 1. The molecule has 1 saturated carbocycles. The molecule has 3 aliphatic heterocycles. The van der Waals surface area contributed by atoms with Gasteiger partial charge in [-0.2, -0.15) is 5.26 Å². The van der Waals surface area contributed by atoms with E-state index in [4.69, 9.17) is 19.2 Å². The Bertz CT molecular complexity index is 1400. The summed E-state index contributed by atoms with van der Waals surface area (Å²) >= 11 is 0. The molecule has 1 aromatic carbocycles. The SMILES string of the molecule is N#CC1=CCc2nc(Nc3ccc(C(=O)N4CCC(N5CCOCC5)CC4)c4c3OCCO4)cc(NC3CCC3)c21. The number of piperidine rings is 1. The van der Waals surface area contributed by atoms with Crippen molar-refractivity contribution in [3.63, 3.8) is 0 Å². The lowest BCUT2D eigenvalue weighted by atomic mass is 9.92. The van der Waals surface area contributed by atoms with Crippen LogP contribution in [0.2, 0.25) is 0 Å². The molecule has 2 N–H and O–H groups in total. The van der Waals surface area contributed by atoms with Crippen LogP contribution < -0.4 is 20.1 Å². The van der Waals surface area contributed by atoms with Gasteiger partial charge in [0, 0.05) is 62.0 Å². The number of pyridine rings is 1. The van der Waals surface area contributed by atoms with Gasteiger partial charge in [0.2, 0.25) is 0 Å². The van der Waals surface area contributed by atoms with Gasteiger partial charge < -0.3 is 29.7 Å². The van der Waals surface area contributed by atoms with E-state index in [1.807, 2.05) is 29.2 Å². The summed E-state index contributed by atoms with van der Waals surface area (Å²) in [6.45, 7) is 5.78. The van der Waals surface area contributed by atoms with E-state index < -0.39 is 0 Å². The molecule has 0 atom stereocenters. The number of carbonyl (C=O) groups is 1. The summed E-state index contributed by atoms with van der Waals surface area (Å²) in [5, 5.41) is 16.7. The molecule has 1 aromatic heterocycles. The Kier molecular flexibility index (Phi) is 7.15. The highest BCUT2D eigenvalue weighted by Crippen LogP contribution is 2.43. The maximum absolute atomic E-state index is 13.7. The monoisotopic (exact) mass is 556 g/mol. The first-order valence-corrected chi connectivity index (χ1v) is 14.9. The largest absolute Gasteiger partial charge is 0.485 e. The van der Waals surface area contributed by atoms with Crippen LogP contribution in [0.3, 0.4) is 0 Å². The second kappa shape index (κ2) is 11.2. The highest BCUT2D eigenvalue weighted by atomic mass is 16.6. The van der Waals surface area contributed by atoms with E-state index in [0.29, 0.717) is 65.9 Å². The number of amides is 1. The zero-order valence-electron chi connectivity index (χ0n) is 23.3. The lowest BCUT2D eigenvalue weighted by Gasteiger charge is -2.40. The smallest absolute Gasteiger partial charge is 0.257 e. The number of anilines is 3. The van der Waals surface area contributed by atoms with E-state index in [1.165, 1.54) is 6.42 Å². The number of nitrogens with zero attached hydrogens (tertiary/aromatic N) is 4. The van der Waals surface area contributed by atoms with E-state index >= 15 is 0 Å². The Morgan fingerprint density at radius 1 is 0.976 bits per heavy atom. The van der Waals surface area contributed by atoms with Crippen molar-refractivity contribution < 1.29 is 19.0 Å². The molecular weight excluding hydrogens is 520 g/mol. The third kappa shape index (κ3) is 5.09. The molecule has 4 heterocycles. The number of likely N-dealkylation sites (tertiary alicyclic amines) is 1. The van der Waals surface area contributed by atoms with E-state index in [9.17, 15) is 10.1 Å². The first kappa shape index (κ1) is 26.1. The highest BCUT2D eigenvalue weighted by Gasteiger charge is 2.32. The second-order valence-electron chi connectivity index (χ2n) is 11.4. The topological polar surface area (TPSA) is 112 Å². The van der Waals surface area contributed by atoms with Crippen LogP contribution >= 0.6 is 0 Å². The fraction of sp³-hybridized carbons (Fsp3) is 0.516. The van der Waals surface area contributed by atoms with Gasteiger partial charge in [-0.1, -0.05) is 6.08 Å². The lowest BCUT2D eigenvalue weighted by molar-refractivity contribution is 0.00152. The maximum Gasteiger partial charge on any atom is 0.257 e. The second-order valence-corrected chi connectivity index (χ2v) is 11.4. The number of hydrogen-bond donors (Lipinski definition) is 2. The van der Waals surface area contributed by atoms with Crippen LogP contribution in [-0.2, 0) is 11.2 Å². The molecule has 214 valence electrons. The summed E-state index contributed by atoms with van der Waals surface area (Å²) in [5.74, 6) is 1.68. The number of rotatable bonds is 6. The van der Waals surface area contributed by atoms with E-state index in [2.05, 4.69) is 21.6 Å². The van der Waals surface area contributed by atoms with Crippen LogP contribution in [-0.4, -0.2) is 85.4 Å². The molecule has 0 radical (unpaired) electrons. The van der Waals surface area contributed by atoms with Crippen LogP contribution in [0.5, 0.6) is 11.5 Å². The third-order valence-corrected chi connectivity index (χ3v) is 8.94. The van der Waals surface area contributed by atoms with Crippen LogP contribution in [0, 0.1) is 11.3 Å². The first-order valence-electron chi connectivity index (χ1n) is 14.9. The zero-order chi connectivity index (χ0) is 27.8. The van der Waals surface area contributed by atoms with Crippen molar-refractivity contribution in [2.24, 2.45) is 0 Å². The number of hydrogen-bond acceptors (Lipinski definition) is 9. The van der Waals surface area contributed by atoms with Gasteiger partial charge in [0.05, 0.1) is 41.8 Å². The van der Waals surface area contributed by atoms with Crippen molar-refractivity contribution in [3.8, 4) is 17.6 Å². The van der Waals surface area contributed by atoms with Crippen molar-refractivity contribution in [2.75, 3.05) is 63.2 Å². The Labute approximate surface area is 240 Å². The summed E-state index contributed by atoms with van der Waals surface area (Å²) in [4.78, 5) is 23.0. The lowest BCUT2D eigenvalue weighted by Crippen LogP contribution is -2.50. The number of carbonyl (C=O) groups excluding carboxylic acids is 1.